The van der Waals surface area contributed by atoms with Gasteiger partial charge in [0.2, 0.25) is 0 Å². The summed E-state index contributed by atoms with van der Waals surface area (Å²) < 4.78 is 37.6. The fourth-order valence-electron chi connectivity index (χ4n) is 2.10. The van der Waals surface area contributed by atoms with E-state index in [0.29, 0.717) is 30.1 Å². The monoisotopic (exact) mass is 365 g/mol. The summed E-state index contributed by atoms with van der Waals surface area (Å²) in [6.07, 6.45) is -4.40. The molecule has 0 aromatic carbocycles. The number of nitrogens with one attached hydrogen (secondary N) is 2. The Morgan fingerprint density at radius 3 is 2.54 bits per heavy atom. The van der Waals surface area contributed by atoms with Crippen molar-refractivity contribution in [2.24, 2.45) is 4.99 Å². The Hall–Kier alpha value is -1.35. The summed E-state index contributed by atoms with van der Waals surface area (Å²) >= 11 is 0.971. The highest BCUT2D eigenvalue weighted by Gasteiger charge is 2.33. The number of aliphatic imine (C=N–C) groups is 1. The molecule has 0 fully saturated rings. The summed E-state index contributed by atoms with van der Waals surface area (Å²) in [7, 11) is 0. The number of thiazole rings is 1. The van der Waals surface area contributed by atoms with Gasteiger partial charge in [-0.05, 0) is 27.3 Å². The van der Waals surface area contributed by atoms with Crippen molar-refractivity contribution in [1.82, 2.24) is 20.5 Å². The zero-order chi connectivity index (χ0) is 18.2. The summed E-state index contributed by atoms with van der Waals surface area (Å²) in [5.74, 6) is 0.584. The molecule has 138 valence electrons. The van der Waals surface area contributed by atoms with E-state index in [4.69, 9.17) is 0 Å². The Morgan fingerprint density at radius 2 is 2.04 bits per heavy atom. The maximum atomic E-state index is 12.5. The van der Waals surface area contributed by atoms with Gasteiger partial charge in [0, 0.05) is 31.1 Å². The zero-order valence-electron chi connectivity index (χ0n) is 14.6. The largest absolute Gasteiger partial charge is 0.434 e. The number of rotatable bonds is 8. The van der Waals surface area contributed by atoms with Gasteiger partial charge in [-0.25, -0.2) is 9.98 Å². The third-order valence-corrected chi connectivity index (χ3v) is 4.22. The molecule has 0 bridgehead atoms. The van der Waals surface area contributed by atoms with E-state index in [1.54, 1.807) is 0 Å². The summed E-state index contributed by atoms with van der Waals surface area (Å²) in [5, 5.41) is 7.65. The Bertz CT molecular complexity index is 513. The fraction of sp³-hybridized carbons (Fsp3) is 0.733. The van der Waals surface area contributed by atoms with Crippen LogP contribution in [0.3, 0.4) is 0 Å². The lowest BCUT2D eigenvalue weighted by molar-refractivity contribution is -0.140. The van der Waals surface area contributed by atoms with E-state index in [2.05, 4.69) is 46.3 Å². The van der Waals surface area contributed by atoms with Crippen LogP contribution in [0.25, 0.3) is 0 Å². The molecule has 0 aliphatic heterocycles. The third-order valence-electron chi connectivity index (χ3n) is 3.39. The van der Waals surface area contributed by atoms with Crippen LogP contribution >= 0.6 is 11.3 Å². The summed E-state index contributed by atoms with van der Waals surface area (Å²) in [6, 6.07) is 0.465. The van der Waals surface area contributed by atoms with Crippen LogP contribution in [-0.4, -0.2) is 48.1 Å². The molecule has 0 unspecified atom stereocenters. The van der Waals surface area contributed by atoms with E-state index in [9.17, 15) is 13.2 Å². The maximum Gasteiger partial charge on any atom is 0.434 e. The van der Waals surface area contributed by atoms with Gasteiger partial charge in [0.1, 0.15) is 5.01 Å². The molecule has 0 amide bonds. The minimum absolute atomic E-state index is 0.123. The Balaban J connectivity index is 2.57. The van der Waals surface area contributed by atoms with Crippen LogP contribution in [0.2, 0.25) is 0 Å². The molecule has 0 saturated carbocycles. The second-order valence-corrected chi connectivity index (χ2v) is 6.41. The van der Waals surface area contributed by atoms with Gasteiger partial charge in [0.05, 0.1) is 6.54 Å². The predicted octanol–water partition coefficient (Wildman–Crippen LogP) is 2.95. The van der Waals surface area contributed by atoms with Crippen molar-refractivity contribution in [2.75, 3.05) is 26.2 Å². The fourth-order valence-corrected chi connectivity index (χ4v) is 2.83. The second-order valence-electron chi connectivity index (χ2n) is 5.47. The minimum atomic E-state index is -4.40. The van der Waals surface area contributed by atoms with Crippen LogP contribution in [0.1, 0.15) is 38.4 Å². The average molecular weight is 365 g/mol. The van der Waals surface area contributed by atoms with Crippen LogP contribution in [0.15, 0.2) is 10.4 Å². The third kappa shape index (κ3) is 7.04. The van der Waals surface area contributed by atoms with E-state index in [1.165, 1.54) is 0 Å². The van der Waals surface area contributed by atoms with Crippen molar-refractivity contribution in [3.8, 4) is 0 Å². The molecule has 1 aromatic rings. The molecule has 0 radical (unpaired) electrons. The number of guanidine groups is 1. The number of likely N-dealkylation sites (N-methyl/N-ethyl adjacent to an activating group) is 1. The molecule has 0 aliphatic carbocycles. The Labute approximate surface area is 145 Å². The average Bonchev–Trinajstić information content (AvgIpc) is 2.97. The van der Waals surface area contributed by atoms with E-state index in [0.717, 1.165) is 29.8 Å². The number of hydrogen-bond donors (Lipinski definition) is 2. The molecule has 0 saturated heterocycles. The Kier molecular flexibility index (Phi) is 8.47. The van der Waals surface area contributed by atoms with Gasteiger partial charge < -0.3 is 10.6 Å². The van der Waals surface area contributed by atoms with Crippen LogP contribution in [0.5, 0.6) is 0 Å². The van der Waals surface area contributed by atoms with E-state index in [1.807, 2.05) is 6.92 Å². The van der Waals surface area contributed by atoms with Crippen molar-refractivity contribution in [1.29, 1.82) is 0 Å². The van der Waals surface area contributed by atoms with Gasteiger partial charge in [-0.1, -0.05) is 6.92 Å². The second kappa shape index (κ2) is 9.83. The summed E-state index contributed by atoms with van der Waals surface area (Å²) in [5.41, 5.74) is -0.855. The quantitative estimate of drug-likeness (QED) is 0.549. The molecule has 1 aromatic heterocycles. The van der Waals surface area contributed by atoms with E-state index in [-0.39, 0.29) is 6.54 Å². The highest BCUT2D eigenvalue weighted by atomic mass is 32.1. The molecule has 0 atom stereocenters. The van der Waals surface area contributed by atoms with E-state index < -0.39 is 11.9 Å². The standard InChI is InChI=1S/C15H26F3N5S/c1-5-19-14(20-7-8-23(6-2)11(3)4)21-9-13-22-12(10-24-13)15(16,17)18/h10-11H,5-9H2,1-4H3,(H2,19,20,21). The first-order valence-electron chi connectivity index (χ1n) is 8.05. The first kappa shape index (κ1) is 20.7. The van der Waals surface area contributed by atoms with Crippen molar-refractivity contribution < 1.29 is 13.2 Å². The lowest BCUT2D eigenvalue weighted by Crippen LogP contribution is -2.43. The highest BCUT2D eigenvalue weighted by Crippen LogP contribution is 2.30. The van der Waals surface area contributed by atoms with Crippen LogP contribution in [0, 0.1) is 0 Å². The zero-order valence-corrected chi connectivity index (χ0v) is 15.4. The van der Waals surface area contributed by atoms with Gasteiger partial charge in [-0.2, -0.15) is 13.2 Å². The summed E-state index contributed by atoms with van der Waals surface area (Å²) in [6.45, 7) is 11.7. The van der Waals surface area contributed by atoms with E-state index >= 15 is 0 Å². The smallest absolute Gasteiger partial charge is 0.357 e. The minimum Gasteiger partial charge on any atom is -0.357 e. The van der Waals surface area contributed by atoms with Gasteiger partial charge in [-0.3, -0.25) is 4.90 Å². The van der Waals surface area contributed by atoms with Crippen molar-refractivity contribution >= 4 is 17.3 Å². The molecule has 1 rings (SSSR count). The number of nitrogens with zero attached hydrogens (tertiary/aromatic N) is 3. The van der Waals surface area contributed by atoms with Gasteiger partial charge in [-0.15, -0.1) is 11.3 Å². The number of hydrogen-bond acceptors (Lipinski definition) is 4. The first-order chi connectivity index (χ1) is 11.3. The molecule has 2 N–H and O–H groups in total. The van der Waals surface area contributed by atoms with Gasteiger partial charge in [0.15, 0.2) is 11.7 Å². The SMILES string of the molecule is CCNC(=NCc1nc(C(F)(F)F)cs1)NCCN(CC)C(C)C. The molecule has 9 heteroatoms. The molecule has 0 aliphatic rings. The number of alkyl halides is 3. The van der Waals surface area contributed by atoms with Crippen LogP contribution in [-0.2, 0) is 12.7 Å². The van der Waals surface area contributed by atoms with Gasteiger partial charge >= 0.3 is 6.18 Å². The molecular weight excluding hydrogens is 339 g/mol. The van der Waals surface area contributed by atoms with Crippen LogP contribution < -0.4 is 10.6 Å². The lowest BCUT2D eigenvalue weighted by atomic mass is 10.3. The Morgan fingerprint density at radius 1 is 1.33 bits per heavy atom. The number of halogens is 3. The maximum absolute atomic E-state index is 12.5. The van der Waals surface area contributed by atoms with Crippen molar-refractivity contribution in [3.05, 3.63) is 16.1 Å². The summed E-state index contributed by atoms with van der Waals surface area (Å²) in [4.78, 5) is 10.2. The van der Waals surface area contributed by atoms with Crippen LogP contribution in [0.4, 0.5) is 13.2 Å². The predicted molar refractivity (Wildman–Crippen MR) is 92.3 cm³/mol. The van der Waals surface area contributed by atoms with Gasteiger partial charge in [0.25, 0.3) is 0 Å². The lowest BCUT2D eigenvalue weighted by Gasteiger charge is -2.25. The molecule has 5 nitrogen and oxygen atoms in total. The van der Waals surface area contributed by atoms with Crippen molar-refractivity contribution in [3.63, 3.8) is 0 Å². The molecule has 24 heavy (non-hydrogen) atoms. The molecule has 0 spiro atoms. The number of aromatic nitrogens is 1. The normalized spacial score (nSPS) is 13.0. The topological polar surface area (TPSA) is 52.6 Å². The molecule has 1 heterocycles. The molecular formula is C15H26F3N5S. The van der Waals surface area contributed by atoms with Crippen molar-refractivity contribution in [2.45, 2.75) is 46.5 Å². The highest BCUT2D eigenvalue weighted by molar-refractivity contribution is 7.09. The first-order valence-corrected chi connectivity index (χ1v) is 8.93.